The summed E-state index contributed by atoms with van der Waals surface area (Å²) in [5.74, 6) is 1.67. The zero-order chi connectivity index (χ0) is 15.5. The molecular weight excluding hydrogens is 268 g/mol. The predicted molar refractivity (Wildman–Crippen MR) is 80.8 cm³/mol. The Kier molecular flexibility index (Phi) is 4.93. The number of rotatable bonds is 4. The van der Waals surface area contributed by atoms with Crippen molar-refractivity contribution < 1.29 is 14.3 Å². The van der Waals surface area contributed by atoms with Crippen LogP contribution in [0.2, 0.25) is 0 Å². The Morgan fingerprint density at radius 1 is 1.48 bits per heavy atom. The van der Waals surface area contributed by atoms with Gasteiger partial charge in [-0.05, 0) is 50.2 Å². The quantitative estimate of drug-likeness (QED) is 0.799. The fourth-order valence-corrected chi connectivity index (χ4v) is 3.02. The van der Waals surface area contributed by atoms with Crippen LogP contribution in [0, 0.1) is 11.8 Å². The maximum Gasteiger partial charge on any atom is 0.315 e. The summed E-state index contributed by atoms with van der Waals surface area (Å²) in [5.41, 5.74) is -1.20. The Morgan fingerprint density at radius 2 is 2.24 bits per heavy atom. The van der Waals surface area contributed by atoms with Crippen molar-refractivity contribution in [2.75, 3.05) is 6.54 Å². The first-order chi connectivity index (χ1) is 9.88. The number of furan rings is 1. The van der Waals surface area contributed by atoms with Crippen molar-refractivity contribution in [3.8, 4) is 0 Å². The molecule has 2 rings (SSSR count). The van der Waals surface area contributed by atoms with Gasteiger partial charge in [-0.1, -0.05) is 13.8 Å². The average Bonchev–Trinajstić information content (AvgIpc) is 2.95. The Bertz CT molecular complexity index is 456. The Labute approximate surface area is 126 Å². The summed E-state index contributed by atoms with van der Waals surface area (Å²) in [6.07, 6.45) is 4.83. The van der Waals surface area contributed by atoms with Gasteiger partial charge in [0.2, 0.25) is 0 Å². The first-order valence-electron chi connectivity index (χ1n) is 7.69. The Hall–Kier alpha value is -1.49. The van der Waals surface area contributed by atoms with Crippen LogP contribution < -0.4 is 10.6 Å². The monoisotopic (exact) mass is 294 g/mol. The Morgan fingerprint density at radius 3 is 2.86 bits per heavy atom. The molecule has 1 heterocycles. The van der Waals surface area contributed by atoms with Crippen molar-refractivity contribution in [1.82, 2.24) is 10.6 Å². The Balaban J connectivity index is 1.80. The van der Waals surface area contributed by atoms with Gasteiger partial charge < -0.3 is 20.2 Å². The zero-order valence-electron chi connectivity index (χ0n) is 13.1. The molecule has 1 fully saturated rings. The van der Waals surface area contributed by atoms with E-state index in [0.717, 1.165) is 25.2 Å². The topological polar surface area (TPSA) is 74.5 Å². The van der Waals surface area contributed by atoms with Crippen molar-refractivity contribution in [3.05, 3.63) is 24.2 Å². The third-order valence-corrected chi connectivity index (χ3v) is 4.39. The number of amides is 2. The van der Waals surface area contributed by atoms with E-state index in [-0.39, 0.29) is 18.6 Å². The molecule has 0 aliphatic heterocycles. The van der Waals surface area contributed by atoms with Gasteiger partial charge in [-0.15, -0.1) is 0 Å². The number of carbonyl (C=O) groups excluding carboxylic acids is 1. The van der Waals surface area contributed by atoms with E-state index in [1.54, 1.807) is 19.1 Å². The summed E-state index contributed by atoms with van der Waals surface area (Å²) in [5, 5.41) is 16.0. The minimum Gasteiger partial charge on any atom is -0.466 e. The molecule has 5 nitrogen and oxygen atoms in total. The van der Waals surface area contributed by atoms with Crippen molar-refractivity contribution in [2.45, 2.75) is 51.7 Å². The largest absolute Gasteiger partial charge is 0.466 e. The zero-order valence-corrected chi connectivity index (χ0v) is 13.1. The lowest BCUT2D eigenvalue weighted by Crippen LogP contribution is -2.49. The molecule has 0 bridgehead atoms. The highest BCUT2D eigenvalue weighted by molar-refractivity contribution is 5.74. The molecule has 1 saturated carbocycles. The molecule has 118 valence electrons. The highest BCUT2D eigenvalue weighted by Gasteiger charge is 2.29. The summed E-state index contributed by atoms with van der Waals surface area (Å²) < 4.78 is 5.19. The number of hydrogen-bond acceptors (Lipinski definition) is 3. The number of aliphatic hydroxyl groups is 1. The van der Waals surface area contributed by atoms with Gasteiger partial charge in [-0.25, -0.2) is 4.79 Å². The summed E-state index contributed by atoms with van der Waals surface area (Å²) in [4.78, 5) is 12.0. The van der Waals surface area contributed by atoms with Crippen LogP contribution in [0.5, 0.6) is 0 Å². The molecule has 2 amide bonds. The molecule has 1 aliphatic carbocycles. The van der Waals surface area contributed by atoms with Crippen molar-refractivity contribution in [3.63, 3.8) is 0 Å². The number of urea groups is 1. The maximum atomic E-state index is 12.0. The van der Waals surface area contributed by atoms with Gasteiger partial charge in [0.25, 0.3) is 0 Å². The van der Waals surface area contributed by atoms with E-state index in [2.05, 4.69) is 24.5 Å². The summed E-state index contributed by atoms with van der Waals surface area (Å²) in [6.45, 7) is 6.17. The molecule has 0 spiro atoms. The second kappa shape index (κ2) is 6.52. The van der Waals surface area contributed by atoms with Crippen LogP contribution >= 0.6 is 0 Å². The number of hydrogen-bond donors (Lipinski definition) is 3. The third kappa shape index (κ3) is 4.24. The number of nitrogens with one attached hydrogen (secondary N) is 2. The van der Waals surface area contributed by atoms with Gasteiger partial charge in [0.15, 0.2) is 0 Å². The van der Waals surface area contributed by atoms with E-state index in [9.17, 15) is 9.90 Å². The molecule has 0 radical (unpaired) electrons. The second-order valence-corrected chi connectivity index (χ2v) is 6.58. The summed E-state index contributed by atoms with van der Waals surface area (Å²) in [6, 6.07) is 3.40. The van der Waals surface area contributed by atoms with Crippen LogP contribution in [-0.4, -0.2) is 23.7 Å². The van der Waals surface area contributed by atoms with E-state index in [0.29, 0.717) is 11.7 Å². The van der Waals surface area contributed by atoms with Crippen molar-refractivity contribution in [2.24, 2.45) is 11.8 Å². The fraction of sp³-hybridized carbons (Fsp3) is 0.688. The summed E-state index contributed by atoms with van der Waals surface area (Å²) >= 11 is 0. The van der Waals surface area contributed by atoms with Gasteiger partial charge in [0.05, 0.1) is 12.8 Å². The molecular formula is C16H26N2O3. The molecule has 5 heteroatoms. The average molecular weight is 294 g/mol. The fourth-order valence-electron chi connectivity index (χ4n) is 3.02. The molecule has 1 aromatic rings. The molecule has 3 N–H and O–H groups in total. The van der Waals surface area contributed by atoms with Gasteiger partial charge in [-0.2, -0.15) is 0 Å². The highest BCUT2D eigenvalue weighted by atomic mass is 16.4. The first kappa shape index (κ1) is 15.9. The lowest BCUT2D eigenvalue weighted by Gasteiger charge is -2.33. The molecule has 1 aliphatic rings. The lowest BCUT2D eigenvalue weighted by molar-refractivity contribution is 0.0365. The van der Waals surface area contributed by atoms with Crippen LogP contribution in [0.15, 0.2) is 22.8 Å². The van der Waals surface area contributed by atoms with E-state index < -0.39 is 5.60 Å². The molecule has 4 atom stereocenters. The van der Waals surface area contributed by atoms with Gasteiger partial charge in [0.1, 0.15) is 11.4 Å². The van der Waals surface area contributed by atoms with Crippen molar-refractivity contribution >= 4 is 6.03 Å². The lowest BCUT2D eigenvalue weighted by atomic mass is 9.80. The minimum atomic E-state index is -1.20. The standard InChI is InChI=1S/C16H26N2O3/c1-11-6-7-13(12(2)9-11)18-15(19)17-10-16(3,20)14-5-4-8-21-14/h4-5,8,11-13,20H,6-7,9-10H2,1-3H3,(H2,17,18,19). The summed E-state index contributed by atoms with van der Waals surface area (Å²) in [7, 11) is 0. The predicted octanol–water partition coefficient (Wildman–Crippen LogP) is 2.61. The van der Waals surface area contributed by atoms with Crippen LogP contribution in [0.25, 0.3) is 0 Å². The van der Waals surface area contributed by atoms with Crippen LogP contribution in [-0.2, 0) is 5.60 Å². The molecule has 0 saturated heterocycles. The van der Waals surface area contributed by atoms with Gasteiger partial charge in [-0.3, -0.25) is 0 Å². The van der Waals surface area contributed by atoms with E-state index in [1.807, 2.05) is 0 Å². The molecule has 0 aromatic carbocycles. The van der Waals surface area contributed by atoms with E-state index in [4.69, 9.17) is 4.42 Å². The molecule has 4 unspecified atom stereocenters. The van der Waals surface area contributed by atoms with Gasteiger partial charge in [0, 0.05) is 6.04 Å². The van der Waals surface area contributed by atoms with Gasteiger partial charge >= 0.3 is 6.03 Å². The van der Waals surface area contributed by atoms with E-state index >= 15 is 0 Å². The second-order valence-electron chi connectivity index (χ2n) is 6.58. The molecule has 1 aromatic heterocycles. The SMILES string of the molecule is CC1CCC(NC(=O)NCC(C)(O)c2ccco2)C(C)C1. The van der Waals surface area contributed by atoms with Crippen LogP contribution in [0.1, 0.15) is 45.8 Å². The smallest absolute Gasteiger partial charge is 0.315 e. The third-order valence-electron chi connectivity index (χ3n) is 4.39. The van der Waals surface area contributed by atoms with Crippen LogP contribution in [0.4, 0.5) is 4.79 Å². The number of carbonyl (C=O) groups is 1. The highest BCUT2D eigenvalue weighted by Crippen LogP contribution is 2.28. The van der Waals surface area contributed by atoms with E-state index in [1.165, 1.54) is 6.26 Å². The normalized spacial score (nSPS) is 28.7. The maximum absolute atomic E-state index is 12.0. The minimum absolute atomic E-state index is 0.115. The first-order valence-corrected chi connectivity index (χ1v) is 7.69. The van der Waals surface area contributed by atoms with Crippen molar-refractivity contribution in [1.29, 1.82) is 0 Å². The van der Waals surface area contributed by atoms with Crippen LogP contribution in [0.3, 0.4) is 0 Å². The molecule has 21 heavy (non-hydrogen) atoms.